The Morgan fingerprint density at radius 1 is 1.09 bits per heavy atom. The minimum Gasteiger partial charge on any atom is -0.496 e. The number of hydrogen-bond acceptors (Lipinski definition) is 6. The number of methoxy groups -OCH3 is 1. The summed E-state index contributed by atoms with van der Waals surface area (Å²) < 4.78 is 17.9. The van der Waals surface area contributed by atoms with E-state index in [2.05, 4.69) is 21.2 Å². The topological polar surface area (TPSA) is 80.3 Å². The molecule has 0 atom stereocenters. The lowest BCUT2D eigenvalue weighted by molar-refractivity contribution is 0.0705. The van der Waals surface area contributed by atoms with Crippen molar-refractivity contribution in [3.8, 4) is 11.5 Å². The van der Waals surface area contributed by atoms with Crippen molar-refractivity contribution in [2.24, 2.45) is 0 Å². The third-order valence-corrected chi connectivity index (χ3v) is 7.60. The zero-order valence-corrected chi connectivity index (χ0v) is 21.4. The monoisotopic (exact) mass is 543 g/mol. The van der Waals surface area contributed by atoms with Crippen molar-refractivity contribution < 1.29 is 23.8 Å². The molecule has 2 aromatic rings. The van der Waals surface area contributed by atoms with E-state index >= 15 is 0 Å². The van der Waals surface area contributed by atoms with E-state index in [1.165, 1.54) is 0 Å². The predicted molar refractivity (Wildman–Crippen MR) is 135 cm³/mol. The number of benzene rings is 2. The van der Waals surface area contributed by atoms with Crippen LogP contribution < -0.4 is 19.7 Å². The highest BCUT2D eigenvalue weighted by Crippen LogP contribution is 2.36. The van der Waals surface area contributed by atoms with Crippen LogP contribution in [0.5, 0.6) is 11.5 Å². The lowest BCUT2D eigenvalue weighted by atomic mass is 10.00. The average Bonchev–Trinajstić information content (AvgIpc) is 2.90. The van der Waals surface area contributed by atoms with Crippen molar-refractivity contribution in [1.29, 1.82) is 0 Å². The number of ether oxygens (including phenoxy) is 3. The van der Waals surface area contributed by atoms with Crippen molar-refractivity contribution in [2.45, 2.75) is 44.4 Å². The minimum atomic E-state index is -0.316. The van der Waals surface area contributed by atoms with Gasteiger partial charge in [-0.2, -0.15) is 0 Å². The van der Waals surface area contributed by atoms with Crippen LogP contribution in [-0.4, -0.2) is 62.3 Å². The van der Waals surface area contributed by atoms with Gasteiger partial charge >= 0.3 is 6.09 Å². The Hall–Kier alpha value is -2.78. The van der Waals surface area contributed by atoms with Gasteiger partial charge in [-0.15, -0.1) is 0 Å². The Balaban J connectivity index is 1.28. The lowest BCUT2D eigenvalue weighted by Crippen LogP contribution is -2.50. The molecule has 2 saturated heterocycles. The Bertz CT molecular complexity index is 1100. The van der Waals surface area contributed by atoms with Crippen LogP contribution in [0.15, 0.2) is 40.9 Å². The fourth-order valence-electron chi connectivity index (χ4n) is 5.07. The predicted octanol–water partition coefficient (Wildman–Crippen LogP) is 4.35. The van der Waals surface area contributed by atoms with E-state index in [4.69, 9.17) is 14.2 Å². The summed E-state index contributed by atoms with van der Waals surface area (Å²) in [4.78, 5) is 29.6. The third-order valence-electron chi connectivity index (χ3n) is 6.98. The van der Waals surface area contributed by atoms with Gasteiger partial charge in [-0.3, -0.25) is 9.69 Å². The maximum atomic E-state index is 13.4. The summed E-state index contributed by atoms with van der Waals surface area (Å²) >= 11 is 3.59. The largest absolute Gasteiger partial charge is 0.496 e. The molecule has 9 heteroatoms. The van der Waals surface area contributed by atoms with Gasteiger partial charge in [0.2, 0.25) is 0 Å². The highest BCUT2D eigenvalue weighted by molar-refractivity contribution is 9.10. The molecule has 0 radical (unpaired) electrons. The first-order valence-corrected chi connectivity index (χ1v) is 12.9. The van der Waals surface area contributed by atoms with E-state index in [0.717, 1.165) is 41.7 Å². The van der Waals surface area contributed by atoms with Crippen LogP contribution >= 0.6 is 15.9 Å². The number of piperidine rings is 2. The molecule has 8 nitrogen and oxygen atoms in total. The molecule has 0 unspecified atom stereocenters. The average molecular weight is 544 g/mol. The first-order valence-electron chi connectivity index (χ1n) is 12.1. The summed E-state index contributed by atoms with van der Waals surface area (Å²) in [6, 6.07) is 11.4. The van der Waals surface area contributed by atoms with E-state index in [1.807, 2.05) is 29.2 Å². The number of carbonyl (C=O) groups excluding carboxylic acids is 2. The molecule has 0 bridgehead atoms. The molecule has 0 aromatic heterocycles. The number of rotatable bonds is 5. The zero-order valence-electron chi connectivity index (χ0n) is 19.8. The minimum absolute atomic E-state index is 0.0117. The Labute approximate surface area is 213 Å². The van der Waals surface area contributed by atoms with Crippen molar-refractivity contribution in [1.82, 2.24) is 10.2 Å². The summed E-state index contributed by atoms with van der Waals surface area (Å²) in [6.45, 7) is 3.27. The second-order valence-electron chi connectivity index (χ2n) is 9.13. The molecule has 2 aromatic carbocycles. The first kappa shape index (κ1) is 23.9. The molecule has 186 valence electrons. The number of anilines is 1. The summed E-state index contributed by atoms with van der Waals surface area (Å²) in [6.07, 6.45) is 3.07. The molecular formula is C26H30BrN3O5. The fourth-order valence-corrected chi connectivity index (χ4v) is 5.51. The Kier molecular flexibility index (Phi) is 7.15. The second kappa shape index (κ2) is 10.5. The van der Waals surface area contributed by atoms with E-state index in [9.17, 15) is 9.59 Å². The molecule has 3 aliphatic heterocycles. The van der Waals surface area contributed by atoms with Gasteiger partial charge < -0.3 is 24.4 Å². The second-order valence-corrected chi connectivity index (χ2v) is 9.98. The van der Waals surface area contributed by atoms with Crippen molar-refractivity contribution in [3.05, 3.63) is 52.0 Å². The van der Waals surface area contributed by atoms with E-state index in [0.29, 0.717) is 49.6 Å². The number of para-hydroxylation sites is 1. The molecule has 0 saturated carbocycles. The number of fused-ring (bicyclic) bond motifs is 1. The van der Waals surface area contributed by atoms with Crippen LogP contribution in [0, 0.1) is 0 Å². The van der Waals surface area contributed by atoms with Gasteiger partial charge in [-0.05, 0) is 66.8 Å². The highest BCUT2D eigenvalue weighted by atomic mass is 79.9. The smallest absolute Gasteiger partial charge is 0.414 e. The number of hydrogen-bond donors (Lipinski definition) is 1. The van der Waals surface area contributed by atoms with Gasteiger partial charge in [-0.1, -0.05) is 18.2 Å². The van der Waals surface area contributed by atoms with Gasteiger partial charge in [0.1, 0.15) is 24.2 Å². The molecule has 1 N–H and O–H groups in total. The molecule has 2 amide bonds. The van der Waals surface area contributed by atoms with Crippen LogP contribution in [0.25, 0.3) is 0 Å². The molecule has 3 heterocycles. The van der Waals surface area contributed by atoms with Crippen LogP contribution in [-0.2, 0) is 11.3 Å². The fraction of sp³-hybridized carbons (Fsp3) is 0.462. The molecule has 0 spiro atoms. The molecule has 0 aliphatic carbocycles. The first-order chi connectivity index (χ1) is 17.0. The van der Waals surface area contributed by atoms with Crippen LogP contribution in [0.3, 0.4) is 0 Å². The number of amides is 2. The zero-order chi connectivity index (χ0) is 24.4. The number of likely N-dealkylation sites (tertiary alicyclic amines) is 1. The van der Waals surface area contributed by atoms with Crippen molar-refractivity contribution in [2.75, 3.05) is 38.2 Å². The normalized spacial score (nSPS) is 19.2. The summed E-state index contributed by atoms with van der Waals surface area (Å²) in [5.74, 6) is 1.10. The maximum Gasteiger partial charge on any atom is 0.414 e. The van der Waals surface area contributed by atoms with Gasteiger partial charge in [0.25, 0.3) is 5.91 Å². The van der Waals surface area contributed by atoms with Crippen molar-refractivity contribution in [3.63, 3.8) is 0 Å². The van der Waals surface area contributed by atoms with Crippen LogP contribution in [0.2, 0.25) is 0 Å². The van der Waals surface area contributed by atoms with E-state index in [-0.39, 0.29) is 24.1 Å². The van der Waals surface area contributed by atoms with Gasteiger partial charge in [0.15, 0.2) is 0 Å². The standard InChI is InChI=1S/C26H30BrN3O5/c1-33-23-15-24(35-19-6-10-28-11-7-19)21(27)14-20(23)25(31)29-12-8-18(9-13-29)30-22-5-3-2-4-17(22)16-34-26(30)32/h2-5,14-15,18-19,28H,6-13,16H2,1H3. The van der Waals surface area contributed by atoms with Crippen molar-refractivity contribution >= 4 is 33.6 Å². The Morgan fingerprint density at radius 2 is 1.83 bits per heavy atom. The Morgan fingerprint density at radius 3 is 2.57 bits per heavy atom. The number of carbonyl (C=O) groups is 2. The summed E-state index contributed by atoms with van der Waals surface area (Å²) in [5, 5.41) is 3.33. The van der Waals surface area contributed by atoms with Gasteiger partial charge in [0, 0.05) is 30.8 Å². The summed E-state index contributed by atoms with van der Waals surface area (Å²) in [7, 11) is 1.57. The number of halogens is 1. The number of nitrogens with one attached hydrogen (secondary N) is 1. The SMILES string of the molecule is COc1cc(OC2CCNCC2)c(Br)cc1C(=O)N1CCC(N2C(=O)OCc3ccccc32)CC1. The lowest BCUT2D eigenvalue weighted by Gasteiger charge is -2.40. The van der Waals surface area contributed by atoms with Crippen LogP contribution in [0.4, 0.5) is 10.5 Å². The molecular weight excluding hydrogens is 514 g/mol. The highest BCUT2D eigenvalue weighted by Gasteiger charge is 2.35. The number of cyclic esters (lactones) is 1. The van der Waals surface area contributed by atoms with E-state index < -0.39 is 0 Å². The van der Waals surface area contributed by atoms with Gasteiger partial charge in [-0.25, -0.2) is 4.79 Å². The van der Waals surface area contributed by atoms with Crippen LogP contribution in [0.1, 0.15) is 41.6 Å². The molecule has 3 aliphatic rings. The third kappa shape index (κ3) is 4.97. The van der Waals surface area contributed by atoms with Gasteiger partial charge in [0.05, 0.1) is 22.8 Å². The molecule has 35 heavy (non-hydrogen) atoms. The quantitative estimate of drug-likeness (QED) is 0.603. The maximum absolute atomic E-state index is 13.4. The molecule has 5 rings (SSSR count). The summed E-state index contributed by atoms with van der Waals surface area (Å²) in [5.41, 5.74) is 2.41. The number of nitrogens with zero attached hydrogens (tertiary/aromatic N) is 2. The molecule has 2 fully saturated rings. The van der Waals surface area contributed by atoms with E-state index in [1.54, 1.807) is 24.1 Å².